The summed E-state index contributed by atoms with van der Waals surface area (Å²) in [4.78, 5) is 18.2. The quantitative estimate of drug-likeness (QED) is 0.848. The number of nitrogens with zero attached hydrogens (tertiary/aromatic N) is 2. The topological polar surface area (TPSA) is 45.2 Å². The SMILES string of the molecule is O=C(NCCN1CCCCC1)c1cccc(Cl)n1. The molecule has 1 aliphatic rings. The molecular weight excluding hydrogens is 250 g/mol. The van der Waals surface area contributed by atoms with E-state index >= 15 is 0 Å². The molecule has 2 heterocycles. The fraction of sp³-hybridized carbons (Fsp3) is 0.538. The first-order chi connectivity index (χ1) is 8.75. The first-order valence-electron chi connectivity index (χ1n) is 6.39. The van der Waals surface area contributed by atoms with Gasteiger partial charge >= 0.3 is 0 Å². The average molecular weight is 268 g/mol. The van der Waals surface area contributed by atoms with Crippen LogP contribution in [0.1, 0.15) is 29.8 Å². The minimum absolute atomic E-state index is 0.158. The molecule has 98 valence electrons. The van der Waals surface area contributed by atoms with Crippen molar-refractivity contribution in [2.24, 2.45) is 0 Å². The van der Waals surface area contributed by atoms with E-state index in [9.17, 15) is 4.79 Å². The standard InChI is InChI=1S/C13H18ClN3O/c14-12-6-4-5-11(16-12)13(18)15-7-10-17-8-2-1-3-9-17/h4-6H,1-3,7-10H2,(H,15,18). The number of piperidine rings is 1. The monoisotopic (exact) mass is 267 g/mol. The molecule has 0 spiro atoms. The van der Waals surface area contributed by atoms with Gasteiger partial charge in [0.2, 0.25) is 0 Å². The highest BCUT2D eigenvalue weighted by molar-refractivity contribution is 6.29. The van der Waals surface area contributed by atoms with Crippen molar-refractivity contribution in [2.45, 2.75) is 19.3 Å². The molecule has 1 aromatic heterocycles. The van der Waals surface area contributed by atoms with Gasteiger partial charge in [0.15, 0.2) is 0 Å². The number of amides is 1. The Balaban J connectivity index is 1.74. The van der Waals surface area contributed by atoms with Crippen LogP contribution in [0.15, 0.2) is 18.2 Å². The van der Waals surface area contributed by atoms with Crippen molar-refractivity contribution in [3.63, 3.8) is 0 Å². The number of carbonyl (C=O) groups is 1. The van der Waals surface area contributed by atoms with Crippen molar-refractivity contribution in [2.75, 3.05) is 26.2 Å². The maximum atomic E-state index is 11.8. The molecule has 0 unspecified atom stereocenters. The maximum absolute atomic E-state index is 11.8. The van der Waals surface area contributed by atoms with Crippen LogP contribution in [0.25, 0.3) is 0 Å². The minimum Gasteiger partial charge on any atom is -0.349 e. The molecule has 1 N–H and O–H groups in total. The van der Waals surface area contributed by atoms with Crippen LogP contribution in [-0.2, 0) is 0 Å². The fourth-order valence-corrected chi connectivity index (χ4v) is 2.30. The number of halogens is 1. The number of hydrogen-bond donors (Lipinski definition) is 1. The molecule has 0 saturated carbocycles. The van der Waals surface area contributed by atoms with E-state index in [4.69, 9.17) is 11.6 Å². The molecule has 1 saturated heterocycles. The van der Waals surface area contributed by atoms with Gasteiger partial charge in [-0.15, -0.1) is 0 Å². The summed E-state index contributed by atoms with van der Waals surface area (Å²) in [5, 5.41) is 3.22. The van der Waals surface area contributed by atoms with Gasteiger partial charge < -0.3 is 10.2 Å². The summed E-state index contributed by atoms with van der Waals surface area (Å²) in [6.45, 7) is 3.86. The first kappa shape index (κ1) is 13.3. The number of carbonyl (C=O) groups excluding carboxylic acids is 1. The van der Waals surface area contributed by atoms with E-state index in [0.29, 0.717) is 17.4 Å². The van der Waals surface area contributed by atoms with Crippen LogP contribution in [-0.4, -0.2) is 42.0 Å². The van der Waals surface area contributed by atoms with Crippen LogP contribution in [0.3, 0.4) is 0 Å². The fourth-order valence-electron chi connectivity index (χ4n) is 2.14. The Bertz CT molecular complexity index is 405. The smallest absolute Gasteiger partial charge is 0.269 e. The minimum atomic E-state index is -0.158. The molecule has 1 aromatic rings. The number of hydrogen-bond acceptors (Lipinski definition) is 3. The molecule has 0 bridgehead atoms. The summed E-state index contributed by atoms with van der Waals surface area (Å²) in [6.07, 6.45) is 3.86. The zero-order valence-electron chi connectivity index (χ0n) is 10.4. The highest BCUT2D eigenvalue weighted by atomic mass is 35.5. The third-order valence-electron chi connectivity index (χ3n) is 3.11. The van der Waals surface area contributed by atoms with Gasteiger partial charge in [-0.05, 0) is 38.1 Å². The molecule has 0 radical (unpaired) electrons. The van der Waals surface area contributed by atoms with Crippen molar-refractivity contribution in [3.8, 4) is 0 Å². The van der Waals surface area contributed by atoms with Gasteiger partial charge in [0.05, 0.1) is 0 Å². The van der Waals surface area contributed by atoms with Crippen molar-refractivity contribution in [1.29, 1.82) is 0 Å². The molecule has 18 heavy (non-hydrogen) atoms. The van der Waals surface area contributed by atoms with Crippen LogP contribution in [0.5, 0.6) is 0 Å². The van der Waals surface area contributed by atoms with Crippen LogP contribution < -0.4 is 5.32 Å². The molecule has 5 heteroatoms. The summed E-state index contributed by atoms with van der Waals surface area (Å²) in [5.41, 5.74) is 0.376. The summed E-state index contributed by atoms with van der Waals surface area (Å²) < 4.78 is 0. The van der Waals surface area contributed by atoms with Crippen LogP contribution in [0.2, 0.25) is 5.15 Å². The molecule has 2 rings (SSSR count). The second kappa shape index (κ2) is 6.71. The zero-order chi connectivity index (χ0) is 12.8. The Morgan fingerprint density at radius 1 is 1.33 bits per heavy atom. The lowest BCUT2D eigenvalue weighted by atomic mass is 10.1. The normalized spacial score (nSPS) is 16.5. The molecular formula is C13H18ClN3O. The van der Waals surface area contributed by atoms with E-state index in [-0.39, 0.29) is 5.91 Å². The van der Waals surface area contributed by atoms with Gasteiger partial charge in [-0.3, -0.25) is 4.79 Å². The van der Waals surface area contributed by atoms with Gasteiger partial charge in [0.1, 0.15) is 10.8 Å². The molecule has 4 nitrogen and oxygen atoms in total. The predicted molar refractivity (Wildman–Crippen MR) is 71.9 cm³/mol. The number of pyridine rings is 1. The number of nitrogens with one attached hydrogen (secondary N) is 1. The lowest BCUT2D eigenvalue weighted by molar-refractivity contribution is 0.0941. The van der Waals surface area contributed by atoms with Crippen molar-refractivity contribution in [1.82, 2.24) is 15.2 Å². The van der Waals surface area contributed by atoms with Gasteiger partial charge in [-0.1, -0.05) is 24.1 Å². The van der Waals surface area contributed by atoms with Gasteiger partial charge in [-0.2, -0.15) is 0 Å². The van der Waals surface area contributed by atoms with E-state index in [0.717, 1.165) is 19.6 Å². The number of rotatable bonds is 4. The van der Waals surface area contributed by atoms with Crippen LogP contribution in [0.4, 0.5) is 0 Å². The van der Waals surface area contributed by atoms with E-state index in [2.05, 4.69) is 15.2 Å². The molecule has 0 aromatic carbocycles. The third-order valence-corrected chi connectivity index (χ3v) is 3.32. The molecule has 0 atom stereocenters. The number of aromatic nitrogens is 1. The Morgan fingerprint density at radius 3 is 2.83 bits per heavy atom. The molecule has 1 fully saturated rings. The highest BCUT2D eigenvalue weighted by Crippen LogP contribution is 2.07. The molecule has 0 aliphatic carbocycles. The second-order valence-corrected chi connectivity index (χ2v) is 4.89. The average Bonchev–Trinajstić information content (AvgIpc) is 2.40. The van der Waals surface area contributed by atoms with Crippen molar-refractivity contribution < 1.29 is 4.79 Å². The number of likely N-dealkylation sites (tertiary alicyclic amines) is 1. The van der Waals surface area contributed by atoms with Crippen LogP contribution >= 0.6 is 11.6 Å². The lowest BCUT2D eigenvalue weighted by Gasteiger charge is -2.26. The summed E-state index contributed by atoms with van der Waals surface area (Å²) in [5.74, 6) is -0.158. The summed E-state index contributed by atoms with van der Waals surface area (Å²) in [6, 6.07) is 5.06. The second-order valence-electron chi connectivity index (χ2n) is 4.50. The van der Waals surface area contributed by atoms with Crippen LogP contribution in [0, 0.1) is 0 Å². The van der Waals surface area contributed by atoms with Crippen molar-refractivity contribution in [3.05, 3.63) is 29.0 Å². The highest BCUT2D eigenvalue weighted by Gasteiger charge is 2.11. The van der Waals surface area contributed by atoms with Crippen molar-refractivity contribution >= 4 is 17.5 Å². The zero-order valence-corrected chi connectivity index (χ0v) is 11.1. The predicted octanol–water partition coefficient (Wildman–Crippen LogP) is 1.95. The maximum Gasteiger partial charge on any atom is 0.269 e. The van der Waals surface area contributed by atoms with E-state index in [1.807, 2.05) is 0 Å². The van der Waals surface area contributed by atoms with E-state index in [1.54, 1.807) is 18.2 Å². The lowest BCUT2D eigenvalue weighted by Crippen LogP contribution is -2.37. The molecule has 1 amide bonds. The Morgan fingerprint density at radius 2 is 2.11 bits per heavy atom. The Hall–Kier alpha value is -1.13. The Kier molecular flexibility index (Phi) is 4.96. The molecule has 1 aliphatic heterocycles. The van der Waals surface area contributed by atoms with E-state index in [1.165, 1.54) is 19.3 Å². The first-order valence-corrected chi connectivity index (χ1v) is 6.76. The third kappa shape index (κ3) is 3.96. The van der Waals surface area contributed by atoms with Gasteiger partial charge in [-0.25, -0.2) is 4.98 Å². The van der Waals surface area contributed by atoms with Gasteiger partial charge in [0, 0.05) is 13.1 Å². The summed E-state index contributed by atoms with van der Waals surface area (Å²) >= 11 is 5.75. The largest absolute Gasteiger partial charge is 0.349 e. The Labute approximate surface area is 112 Å². The van der Waals surface area contributed by atoms with Gasteiger partial charge in [0.25, 0.3) is 5.91 Å². The summed E-state index contributed by atoms with van der Waals surface area (Å²) in [7, 11) is 0. The van der Waals surface area contributed by atoms with E-state index < -0.39 is 0 Å².